The number of carbonyl (C=O) groups is 1. The minimum Gasteiger partial charge on any atom is -0.366 e. The summed E-state index contributed by atoms with van der Waals surface area (Å²) in [6, 6.07) is 8.58. The summed E-state index contributed by atoms with van der Waals surface area (Å²) in [5.74, 6) is -0.484. The molecule has 0 saturated heterocycles. The van der Waals surface area contributed by atoms with Crippen molar-refractivity contribution in [1.82, 2.24) is 9.77 Å². The van der Waals surface area contributed by atoms with Crippen LogP contribution in [0, 0.1) is 6.92 Å². The molecule has 2 N–H and O–H groups in total. The number of hydrogen-bond acceptors (Lipinski definition) is 2. The maximum atomic E-state index is 13.4. The Bertz CT molecular complexity index is 823. The number of pyridine rings is 1. The van der Waals surface area contributed by atoms with Gasteiger partial charge in [0.2, 0.25) is 5.91 Å². The molecule has 0 saturated carbocycles. The number of hydrogen-bond donors (Lipinski definition) is 1. The number of benzene rings is 1. The first-order chi connectivity index (χ1) is 9.58. The third-order valence-electron chi connectivity index (χ3n) is 3.39. The number of halogens is 1. The van der Waals surface area contributed by atoms with Gasteiger partial charge in [-0.05, 0) is 36.8 Å². The highest BCUT2D eigenvalue weighted by molar-refractivity contribution is 5.96. The minimum absolute atomic E-state index is 0.443. The van der Waals surface area contributed by atoms with E-state index in [2.05, 4.69) is 4.98 Å². The van der Waals surface area contributed by atoms with E-state index in [1.165, 1.54) is 6.20 Å². The summed E-state index contributed by atoms with van der Waals surface area (Å²) in [7, 11) is 0. The van der Waals surface area contributed by atoms with Crippen LogP contribution < -0.4 is 5.73 Å². The summed E-state index contributed by atoms with van der Waals surface area (Å²) in [5, 5.41) is 0.774. The summed E-state index contributed by atoms with van der Waals surface area (Å²) >= 11 is 0. The van der Waals surface area contributed by atoms with Crippen LogP contribution in [0.15, 0.2) is 42.7 Å². The summed E-state index contributed by atoms with van der Waals surface area (Å²) in [6.45, 7) is 1.80. The molecule has 5 heteroatoms. The van der Waals surface area contributed by atoms with Gasteiger partial charge in [0.05, 0.1) is 11.2 Å². The van der Waals surface area contributed by atoms with Gasteiger partial charge < -0.3 is 5.73 Å². The van der Waals surface area contributed by atoms with Crippen LogP contribution in [0.1, 0.15) is 15.9 Å². The van der Waals surface area contributed by atoms with E-state index in [4.69, 9.17) is 5.73 Å². The Balaban J connectivity index is 2.20. The highest BCUT2D eigenvalue weighted by atomic mass is 19.2. The third-order valence-corrected chi connectivity index (χ3v) is 3.39. The van der Waals surface area contributed by atoms with Crippen molar-refractivity contribution in [2.75, 3.05) is 0 Å². The first kappa shape index (κ1) is 12.3. The van der Waals surface area contributed by atoms with Crippen molar-refractivity contribution in [3.8, 4) is 11.3 Å². The fourth-order valence-corrected chi connectivity index (χ4v) is 2.35. The van der Waals surface area contributed by atoms with Gasteiger partial charge in [0.25, 0.3) is 0 Å². The fourth-order valence-electron chi connectivity index (χ4n) is 2.35. The molecule has 0 aliphatic carbocycles. The molecule has 0 bridgehead atoms. The Morgan fingerprint density at radius 1 is 1.30 bits per heavy atom. The molecule has 1 amide bonds. The lowest BCUT2D eigenvalue weighted by atomic mass is 10.0. The number of nitrogens with two attached hydrogens (primary N) is 1. The SMILES string of the molecule is Cc1c(C(N)=O)ccnc1-c1ccc2c(ccn2F)c1. The Kier molecular flexibility index (Phi) is 2.75. The van der Waals surface area contributed by atoms with Crippen molar-refractivity contribution in [3.63, 3.8) is 0 Å². The molecule has 0 spiro atoms. The third kappa shape index (κ3) is 1.84. The highest BCUT2D eigenvalue weighted by Crippen LogP contribution is 2.27. The normalized spacial score (nSPS) is 10.9. The number of primary amides is 1. The van der Waals surface area contributed by atoms with Crippen LogP contribution in [-0.2, 0) is 0 Å². The van der Waals surface area contributed by atoms with E-state index in [0.717, 1.165) is 16.5 Å². The van der Waals surface area contributed by atoms with E-state index in [9.17, 15) is 9.28 Å². The summed E-state index contributed by atoms with van der Waals surface area (Å²) in [5.41, 5.74) is 8.50. The quantitative estimate of drug-likeness (QED) is 0.777. The molecule has 0 unspecified atom stereocenters. The van der Waals surface area contributed by atoms with Crippen molar-refractivity contribution in [2.24, 2.45) is 5.73 Å². The average Bonchev–Trinajstić information content (AvgIpc) is 2.80. The van der Waals surface area contributed by atoms with Gasteiger partial charge in [-0.15, -0.1) is 0 Å². The van der Waals surface area contributed by atoms with Gasteiger partial charge in [0.15, 0.2) is 0 Å². The van der Waals surface area contributed by atoms with Crippen LogP contribution >= 0.6 is 0 Å². The van der Waals surface area contributed by atoms with Gasteiger partial charge in [-0.3, -0.25) is 9.78 Å². The number of nitrogens with zero attached hydrogens (tertiary/aromatic N) is 2. The molecular weight excluding hydrogens is 257 g/mol. The van der Waals surface area contributed by atoms with Crippen LogP contribution in [0.2, 0.25) is 0 Å². The molecule has 2 heterocycles. The van der Waals surface area contributed by atoms with E-state index in [1.54, 1.807) is 37.4 Å². The first-order valence-electron chi connectivity index (χ1n) is 6.11. The van der Waals surface area contributed by atoms with Gasteiger partial charge in [-0.25, -0.2) is 0 Å². The number of carbonyl (C=O) groups excluding carboxylic acids is 1. The second-order valence-corrected chi connectivity index (χ2v) is 4.60. The molecule has 4 nitrogen and oxygen atoms in total. The van der Waals surface area contributed by atoms with Crippen LogP contribution in [0.25, 0.3) is 22.2 Å². The lowest BCUT2D eigenvalue weighted by Crippen LogP contribution is -2.13. The summed E-state index contributed by atoms with van der Waals surface area (Å²) < 4.78 is 13.4. The van der Waals surface area contributed by atoms with Crippen LogP contribution in [-0.4, -0.2) is 15.7 Å². The molecule has 0 aliphatic heterocycles. The molecule has 20 heavy (non-hydrogen) atoms. The summed E-state index contributed by atoms with van der Waals surface area (Å²) in [4.78, 5) is 16.2. The van der Waals surface area contributed by atoms with E-state index in [1.807, 2.05) is 6.07 Å². The van der Waals surface area contributed by atoms with E-state index in [-0.39, 0.29) is 0 Å². The molecule has 3 aromatic rings. The Hall–Kier alpha value is -2.69. The maximum Gasteiger partial charge on any atom is 0.249 e. The van der Waals surface area contributed by atoms with Crippen molar-refractivity contribution in [3.05, 3.63) is 53.9 Å². The zero-order chi connectivity index (χ0) is 14.3. The van der Waals surface area contributed by atoms with Gasteiger partial charge in [0.1, 0.15) is 0 Å². The minimum atomic E-state index is -0.484. The number of rotatable bonds is 2. The standard InChI is InChI=1S/C15H12FN3O/c1-9-12(15(17)20)4-6-18-14(9)11-2-3-13-10(8-11)5-7-19(13)16/h2-8H,1H3,(H2,17,20). The molecule has 0 radical (unpaired) electrons. The van der Waals surface area contributed by atoms with Gasteiger partial charge in [0, 0.05) is 28.9 Å². The monoisotopic (exact) mass is 269 g/mol. The van der Waals surface area contributed by atoms with Gasteiger partial charge >= 0.3 is 0 Å². The first-order valence-corrected chi connectivity index (χ1v) is 6.11. The van der Waals surface area contributed by atoms with Gasteiger partial charge in [-0.2, -0.15) is 4.79 Å². The smallest absolute Gasteiger partial charge is 0.249 e. The largest absolute Gasteiger partial charge is 0.366 e. The van der Waals surface area contributed by atoms with Crippen molar-refractivity contribution < 1.29 is 9.28 Å². The van der Waals surface area contributed by atoms with Crippen LogP contribution in [0.3, 0.4) is 0 Å². The van der Waals surface area contributed by atoms with Crippen molar-refractivity contribution in [2.45, 2.75) is 6.92 Å². The average molecular weight is 269 g/mol. The predicted octanol–water partition coefficient (Wildman–Crippen LogP) is 2.84. The topological polar surface area (TPSA) is 60.9 Å². The molecule has 2 aromatic heterocycles. The lowest BCUT2D eigenvalue weighted by Gasteiger charge is -2.08. The van der Waals surface area contributed by atoms with Crippen molar-refractivity contribution >= 4 is 16.8 Å². The Morgan fingerprint density at radius 3 is 2.85 bits per heavy atom. The molecule has 0 aliphatic rings. The lowest BCUT2D eigenvalue weighted by molar-refractivity contribution is 0.0999. The van der Waals surface area contributed by atoms with Crippen LogP contribution in [0.4, 0.5) is 4.48 Å². The van der Waals surface area contributed by atoms with Crippen LogP contribution in [0.5, 0.6) is 0 Å². The fraction of sp³-hybridized carbons (Fsp3) is 0.0667. The Labute approximate surface area is 114 Å². The van der Waals surface area contributed by atoms with Crippen molar-refractivity contribution in [1.29, 1.82) is 0 Å². The zero-order valence-corrected chi connectivity index (χ0v) is 10.8. The molecule has 0 fully saturated rings. The molecular formula is C15H12FN3O. The zero-order valence-electron chi connectivity index (χ0n) is 10.8. The van der Waals surface area contributed by atoms with E-state index >= 15 is 0 Å². The second-order valence-electron chi connectivity index (χ2n) is 4.60. The molecule has 0 atom stereocenters. The molecule has 3 rings (SSSR count). The number of amides is 1. The van der Waals surface area contributed by atoms with E-state index < -0.39 is 5.91 Å². The van der Waals surface area contributed by atoms with E-state index in [0.29, 0.717) is 21.6 Å². The number of aromatic nitrogens is 2. The predicted molar refractivity (Wildman–Crippen MR) is 74.9 cm³/mol. The summed E-state index contributed by atoms with van der Waals surface area (Å²) in [6.07, 6.45) is 2.90. The Morgan fingerprint density at radius 2 is 2.10 bits per heavy atom. The molecule has 1 aromatic carbocycles. The second kappa shape index (κ2) is 4.45. The number of fused-ring (bicyclic) bond motifs is 1. The molecule has 100 valence electrons. The maximum absolute atomic E-state index is 13.4. The van der Waals surface area contributed by atoms with Gasteiger partial charge in [-0.1, -0.05) is 10.5 Å². The highest BCUT2D eigenvalue weighted by Gasteiger charge is 2.12.